The van der Waals surface area contributed by atoms with Gasteiger partial charge in [0.1, 0.15) is 6.10 Å². The van der Waals surface area contributed by atoms with Crippen molar-refractivity contribution in [3.8, 4) is 6.01 Å². The summed E-state index contributed by atoms with van der Waals surface area (Å²) in [5.41, 5.74) is 6.78. The SMILES string of the molecule is CC(C)CC1=CC[C@@H](C(C)Oc2ncc(F)c(N)n2)C=C1. The Morgan fingerprint density at radius 2 is 2.19 bits per heavy atom. The second-order valence-corrected chi connectivity index (χ2v) is 5.84. The molecule has 2 N–H and O–H groups in total. The Labute approximate surface area is 124 Å². The number of rotatable bonds is 5. The number of hydrogen-bond donors (Lipinski definition) is 1. The topological polar surface area (TPSA) is 61.0 Å². The van der Waals surface area contributed by atoms with E-state index in [1.807, 2.05) is 6.92 Å². The number of nitrogen functional groups attached to an aromatic ring is 1. The molecule has 0 amide bonds. The van der Waals surface area contributed by atoms with Crippen molar-refractivity contribution in [1.29, 1.82) is 0 Å². The molecule has 0 aliphatic heterocycles. The molecule has 1 aliphatic carbocycles. The van der Waals surface area contributed by atoms with Gasteiger partial charge in [-0.1, -0.05) is 37.6 Å². The zero-order valence-corrected chi connectivity index (χ0v) is 12.7. The minimum atomic E-state index is -0.631. The summed E-state index contributed by atoms with van der Waals surface area (Å²) in [5.74, 6) is 0.0943. The van der Waals surface area contributed by atoms with Crippen molar-refractivity contribution in [3.05, 3.63) is 35.8 Å². The van der Waals surface area contributed by atoms with Crippen LogP contribution >= 0.6 is 0 Å². The van der Waals surface area contributed by atoms with Crippen molar-refractivity contribution >= 4 is 5.82 Å². The number of allylic oxidation sites excluding steroid dienone is 3. The molecule has 2 atom stereocenters. The highest BCUT2D eigenvalue weighted by atomic mass is 19.1. The molecule has 114 valence electrons. The van der Waals surface area contributed by atoms with Crippen LogP contribution in [0.5, 0.6) is 6.01 Å². The van der Waals surface area contributed by atoms with Gasteiger partial charge in [-0.05, 0) is 25.7 Å². The maximum Gasteiger partial charge on any atom is 0.318 e. The lowest BCUT2D eigenvalue weighted by atomic mass is 9.89. The molecular formula is C16H22FN3O. The van der Waals surface area contributed by atoms with E-state index in [9.17, 15) is 4.39 Å². The van der Waals surface area contributed by atoms with Crippen LogP contribution in [0.25, 0.3) is 0 Å². The smallest absolute Gasteiger partial charge is 0.318 e. The third-order valence-electron chi connectivity index (χ3n) is 3.50. The van der Waals surface area contributed by atoms with Gasteiger partial charge in [0.2, 0.25) is 0 Å². The van der Waals surface area contributed by atoms with E-state index < -0.39 is 5.82 Å². The Balaban J connectivity index is 1.93. The molecule has 1 aliphatic rings. The Kier molecular flexibility index (Phi) is 4.94. The first-order valence-electron chi connectivity index (χ1n) is 7.27. The third-order valence-corrected chi connectivity index (χ3v) is 3.50. The zero-order chi connectivity index (χ0) is 15.4. The summed E-state index contributed by atoms with van der Waals surface area (Å²) < 4.78 is 18.7. The normalized spacial score (nSPS) is 19.5. The van der Waals surface area contributed by atoms with Gasteiger partial charge in [0, 0.05) is 5.92 Å². The van der Waals surface area contributed by atoms with Gasteiger partial charge < -0.3 is 10.5 Å². The van der Waals surface area contributed by atoms with Crippen LogP contribution in [-0.4, -0.2) is 16.1 Å². The quantitative estimate of drug-likeness (QED) is 0.901. The lowest BCUT2D eigenvalue weighted by molar-refractivity contribution is 0.160. The summed E-state index contributed by atoms with van der Waals surface area (Å²) in [6.45, 7) is 6.38. The fourth-order valence-corrected chi connectivity index (χ4v) is 2.33. The van der Waals surface area contributed by atoms with Crippen molar-refractivity contribution in [1.82, 2.24) is 9.97 Å². The van der Waals surface area contributed by atoms with Gasteiger partial charge in [-0.3, -0.25) is 0 Å². The summed E-state index contributed by atoms with van der Waals surface area (Å²) in [6.07, 6.45) is 9.53. The first-order valence-corrected chi connectivity index (χ1v) is 7.27. The summed E-state index contributed by atoms with van der Waals surface area (Å²) in [5, 5.41) is 0. The Hall–Kier alpha value is -1.91. The largest absolute Gasteiger partial charge is 0.460 e. The van der Waals surface area contributed by atoms with Crippen LogP contribution in [-0.2, 0) is 0 Å². The Morgan fingerprint density at radius 3 is 2.76 bits per heavy atom. The molecule has 0 radical (unpaired) electrons. The van der Waals surface area contributed by atoms with Crippen LogP contribution in [0.1, 0.15) is 33.6 Å². The summed E-state index contributed by atoms with van der Waals surface area (Å²) >= 11 is 0. The predicted molar refractivity (Wildman–Crippen MR) is 81.3 cm³/mol. The second-order valence-electron chi connectivity index (χ2n) is 5.84. The highest BCUT2D eigenvalue weighted by Gasteiger charge is 2.19. The molecule has 4 nitrogen and oxygen atoms in total. The average molecular weight is 291 g/mol. The number of halogens is 1. The number of aromatic nitrogens is 2. The maximum atomic E-state index is 13.0. The fourth-order valence-electron chi connectivity index (χ4n) is 2.33. The molecule has 1 heterocycles. The van der Waals surface area contributed by atoms with E-state index in [0.717, 1.165) is 19.0 Å². The highest BCUT2D eigenvalue weighted by molar-refractivity contribution is 5.29. The molecule has 21 heavy (non-hydrogen) atoms. The predicted octanol–water partition coefficient (Wildman–Crippen LogP) is 3.51. The zero-order valence-electron chi connectivity index (χ0n) is 12.7. The van der Waals surface area contributed by atoms with Gasteiger partial charge in [0.15, 0.2) is 11.6 Å². The molecule has 0 bridgehead atoms. The Morgan fingerprint density at radius 1 is 1.43 bits per heavy atom. The minimum Gasteiger partial charge on any atom is -0.460 e. The Bertz CT molecular complexity index is 554. The number of hydrogen-bond acceptors (Lipinski definition) is 4. The molecular weight excluding hydrogens is 269 g/mol. The second kappa shape index (κ2) is 6.70. The molecule has 1 unspecified atom stereocenters. The van der Waals surface area contributed by atoms with Crippen LogP contribution in [0.15, 0.2) is 30.0 Å². The summed E-state index contributed by atoms with van der Waals surface area (Å²) in [6, 6.07) is 0.117. The van der Waals surface area contributed by atoms with Gasteiger partial charge >= 0.3 is 6.01 Å². The van der Waals surface area contributed by atoms with Gasteiger partial charge in [-0.15, -0.1) is 0 Å². The highest BCUT2D eigenvalue weighted by Crippen LogP contribution is 2.25. The molecule has 0 saturated heterocycles. The van der Waals surface area contributed by atoms with Crippen molar-refractivity contribution < 1.29 is 9.13 Å². The van der Waals surface area contributed by atoms with Crippen molar-refractivity contribution in [2.75, 3.05) is 5.73 Å². The van der Waals surface area contributed by atoms with Gasteiger partial charge in [-0.25, -0.2) is 9.37 Å². The monoisotopic (exact) mass is 291 g/mol. The van der Waals surface area contributed by atoms with Crippen LogP contribution in [0.4, 0.5) is 10.2 Å². The van der Waals surface area contributed by atoms with Crippen LogP contribution < -0.4 is 10.5 Å². The molecule has 2 rings (SSSR count). The van der Waals surface area contributed by atoms with Gasteiger partial charge in [0.25, 0.3) is 0 Å². The lowest BCUT2D eigenvalue weighted by Crippen LogP contribution is -2.24. The first kappa shape index (κ1) is 15.5. The van der Waals surface area contributed by atoms with Crippen molar-refractivity contribution in [2.24, 2.45) is 11.8 Å². The minimum absolute atomic E-state index is 0.0945. The average Bonchev–Trinajstić information content (AvgIpc) is 2.43. The molecule has 0 aromatic carbocycles. The van der Waals surface area contributed by atoms with E-state index in [4.69, 9.17) is 10.5 Å². The maximum absolute atomic E-state index is 13.0. The van der Waals surface area contributed by atoms with E-state index in [1.165, 1.54) is 5.57 Å². The number of ether oxygens (including phenoxy) is 1. The van der Waals surface area contributed by atoms with Gasteiger partial charge in [0.05, 0.1) is 6.20 Å². The molecule has 5 heteroatoms. The van der Waals surface area contributed by atoms with Gasteiger partial charge in [-0.2, -0.15) is 4.98 Å². The molecule has 1 aromatic rings. The van der Waals surface area contributed by atoms with Crippen molar-refractivity contribution in [3.63, 3.8) is 0 Å². The number of anilines is 1. The number of nitrogens with two attached hydrogens (primary N) is 1. The lowest BCUT2D eigenvalue weighted by Gasteiger charge is -2.23. The van der Waals surface area contributed by atoms with E-state index in [0.29, 0.717) is 5.92 Å². The van der Waals surface area contributed by atoms with E-state index >= 15 is 0 Å². The van der Waals surface area contributed by atoms with E-state index in [1.54, 1.807) is 0 Å². The number of nitrogens with zero attached hydrogens (tertiary/aromatic N) is 2. The van der Waals surface area contributed by atoms with E-state index in [-0.39, 0.29) is 23.9 Å². The third kappa shape index (κ3) is 4.28. The fraction of sp³-hybridized carbons (Fsp3) is 0.500. The molecule has 0 fully saturated rings. The van der Waals surface area contributed by atoms with Crippen LogP contribution in [0, 0.1) is 17.7 Å². The first-order chi connectivity index (χ1) is 9.95. The molecule has 0 saturated carbocycles. The summed E-state index contributed by atoms with van der Waals surface area (Å²) in [4.78, 5) is 7.59. The van der Waals surface area contributed by atoms with Crippen LogP contribution in [0.2, 0.25) is 0 Å². The summed E-state index contributed by atoms with van der Waals surface area (Å²) in [7, 11) is 0. The van der Waals surface area contributed by atoms with Crippen molar-refractivity contribution in [2.45, 2.75) is 39.7 Å². The standard InChI is InChI=1S/C16H22FN3O/c1-10(2)8-12-4-6-13(7-5-12)11(3)21-16-19-9-14(17)15(18)20-16/h4-6,9-11,13H,7-8H2,1-3H3,(H2,18,19,20)/t11?,13-/m0/s1. The molecule has 0 spiro atoms. The van der Waals surface area contributed by atoms with Crippen LogP contribution in [0.3, 0.4) is 0 Å². The van der Waals surface area contributed by atoms with E-state index in [2.05, 4.69) is 42.0 Å². The molecule has 1 aromatic heterocycles.